The fourth-order valence-corrected chi connectivity index (χ4v) is 3.10. The van der Waals surface area contributed by atoms with E-state index in [-0.39, 0.29) is 11.6 Å². The number of hydrogen-bond donors (Lipinski definition) is 2. The molecule has 0 amide bonds. The van der Waals surface area contributed by atoms with E-state index in [0.29, 0.717) is 15.9 Å². The zero-order valence-corrected chi connectivity index (χ0v) is 12.9. The molecule has 0 radical (unpaired) electrons. The van der Waals surface area contributed by atoms with Crippen LogP contribution < -0.4 is 11.3 Å². The molecule has 2 rings (SSSR count). The van der Waals surface area contributed by atoms with Crippen LogP contribution in [0.15, 0.2) is 39.1 Å². The smallest absolute Gasteiger partial charge is 0.251 e. The van der Waals surface area contributed by atoms with Gasteiger partial charge in [-0.05, 0) is 38.0 Å². The minimum Gasteiger partial charge on any atom is -0.328 e. The van der Waals surface area contributed by atoms with Crippen molar-refractivity contribution in [1.29, 1.82) is 0 Å². The van der Waals surface area contributed by atoms with Crippen molar-refractivity contribution in [2.75, 3.05) is 0 Å². The van der Waals surface area contributed by atoms with E-state index in [2.05, 4.69) is 9.97 Å². The maximum absolute atomic E-state index is 11.5. The highest BCUT2D eigenvalue weighted by molar-refractivity contribution is 7.99. The Hall–Kier alpha value is -1.30. The van der Waals surface area contributed by atoms with Crippen molar-refractivity contribution < 1.29 is 0 Å². The second kappa shape index (κ2) is 6.43. The van der Waals surface area contributed by atoms with Crippen molar-refractivity contribution in [3.8, 4) is 0 Å². The van der Waals surface area contributed by atoms with Crippen LogP contribution in [0.4, 0.5) is 0 Å². The second-order valence-corrected chi connectivity index (χ2v) is 6.19. The maximum atomic E-state index is 11.5. The fourth-order valence-electron chi connectivity index (χ4n) is 1.84. The number of rotatable bonds is 4. The minimum absolute atomic E-state index is 0.0556. The van der Waals surface area contributed by atoms with Crippen molar-refractivity contribution in [1.82, 2.24) is 9.97 Å². The topological polar surface area (TPSA) is 71.8 Å². The summed E-state index contributed by atoms with van der Waals surface area (Å²) in [6.45, 7) is 3.75. The molecule has 3 N–H and O–H groups in total. The van der Waals surface area contributed by atoms with Gasteiger partial charge >= 0.3 is 0 Å². The lowest BCUT2D eigenvalue weighted by Gasteiger charge is -2.11. The van der Waals surface area contributed by atoms with Crippen LogP contribution in [-0.2, 0) is 6.42 Å². The molecule has 0 aliphatic rings. The highest BCUT2D eigenvalue weighted by Crippen LogP contribution is 2.30. The van der Waals surface area contributed by atoms with Crippen molar-refractivity contribution in [3.63, 3.8) is 0 Å². The number of benzene rings is 1. The lowest BCUT2D eigenvalue weighted by molar-refractivity contribution is 0.729. The molecule has 20 heavy (non-hydrogen) atoms. The van der Waals surface area contributed by atoms with Gasteiger partial charge < -0.3 is 10.7 Å². The molecule has 6 heteroatoms. The molecule has 0 bridgehead atoms. The van der Waals surface area contributed by atoms with Gasteiger partial charge in [0.2, 0.25) is 0 Å². The van der Waals surface area contributed by atoms with E-state index in [1.807, 2.05) is 25.1 Å². The van der Waals surface area contributed by atoms with Gasteiger partial charge in [-0.1, -0.05) is 29.4 Å². The highest BCUT2D eigenvalue weighted by atomic mass is 35.5. The molecule has 1 atom stereocenters. The number of aromatic amines is 1. The van der Waals surface area contributed by atoms with Gasteiger partial charge in [-0.2, -0.15) is 0 Å². The Kier molecular flexibility index (Phi) is 4.86. The first kappa shape index (κ1) is 15.1. The summed E-state index contributed by atoms with van der Waals surface area (Å²) >= 11 is 7.44. The van der Waals surface area contributed by atoms with E-state index < -0.39 is 0 Å². The second-order valence-electron chi connectivity index (χ2n) is 4.73. The van der Waals surface area contributed by atoms with Crippen LogP contribution in [-0.4, -0.2) is 16.0 Å². The van der Waals surface area contributed by atoms with Crippen LogP contribution in [0.1, 0.15) is 18.2 Å². The summed E-state index contributed by atoms with van der Waals surface area (Å²) in [4.78, 5) is 19.5. The molecule has 0 fully saturated rings. The zero-order valence-electron chi connectivity index (χ0n) is 11.3. The van der Waals surface area contributed by atoms with Crippen LogP contribution in [0.25, 0.3) is 0 Å². The summed E-state index contributed by atoms with van der Waals surface area (Å²) < 4.78 is 0. The number of nitrogens with one attached hydrogen (secondary N) is 1. The number of H-pyrrole nitrogens is 1. The molecule has 1 aromatic heterocycles. The predicted molar refractivity (Wildman–Crippen MR) is 82.5 cm³/mol. The number of nitrogens with zero attached hydrogens (tertiary/aromatic N) is 1. The molecule has 1 heterocycles. The van der Waals surface area contributed by atoms with E-state index in [9.17, 15) is 4.79 Å². The lowest BCUT2D eigenvalue weighted by Crippen LogP contribution is -2.18. The van der Waals surface area contributed by atoms with Gasteiger partial charge in [0.15, 0.2) is 5.16 Å². The van der Waals surface area contributed by atoms with Crippen LogP contribution >= 0.6 is 23.4 Å². The molecule has 0 saturated carbocycles. The van der Waals surface area contributed by atoms with E-state index in [4.69, 9.17) is 17.3 Å². The molecule has 4 nitrogen and oxygen atoms in total. The number of aromatic nitrogens is 2. The Morgan fingerprint density at radius 1 is 1.45 bits per heavy atom. The average Bonchev–Trinajstić information content (AvgIpc) is 2.31. The van der Waals surface area contributed by atoms with Crippen LogP contribution in [0.2, 0.25) is 5.02 Å². The maximum Gasteiger partial charge on any atom is 0.251 e. The van der Waals surface area contributed by atoms with E-state index in [1.165, 1.54) is 17.8 Å². The highest BCUT2D eigenvalue weighted by Gasteiger charge is 2.09. The van der Waals surface area contributed by atoms with E-state index >= 15 is 0 Å². The molecule has 2 aromatic rings. The van der Waals surface area contributed by atoms with Gasteiger partial charge in [-0.15, -0.1) is 0 Å². The summed E-state index contributed by atoms with van der Waals surface area (Å²) in [5.74, 6) is 0. The van der Waals surface area contributed by atoms with Crippen LogP contribution in [0.3, 0.4) is 0 Å². The van der Waals surface area contributed by atoms with Crippen molar-refractivity contribution in [2.24, 2.45) is 5.73 Å². The number of nitrogens with two attached hydrogens (primary N) is 1. The molecule has 0 saturated heterocycles. The first-order valence-electron chi connectivity index (χ1n) is 6.24. The average molecular weight is 310 g/mol. The third kappa shape index (κ3) is 4.10. The largest absolute Gasteiger partial charge is 0.328 e. The Morgan fingerprint density at radius 3 is 2.85 bits per heavy atom. The van der Waals surface area contributed by atoms with Gasteiger partial charge in [0, 0.05) is 27.7 Å². The van der Waals surface area contributed by atoms with Crippen LogP contribution in [0, 0.1) is 6.92 Å². The third-order valence-corrected chi connectivity index (χ3v) is 3.85. The van der Waals surface area contributed by atoms with Crippen molar-refractivity contribution >= 4 is 23.4 Å². The molecule has 0 spiro atoms. The molecule has 1 aromatic carbocycles. The van der Waals surface area contributed by atoms with Gasteiger partial charge in [0.1, 0.15) is 0 Å². The quantitative estimate of drug-likeness (QED) is 0.852. The third-order valence-electron chi connectivity index (χ3n) is 2.63. The van der Waals surface area contributed by atoms with E-state index in [0.717, 1.165) is 16.9 Å². The number of hydrogen-bond acceptors (Lipinski definition) is 4. The van der Waals surface area contributed by atoms with Gasteiger partial charge in [-0.25, -0.2) is 4.98 Å². The predicted octanol–water partition coefficient (Wildman–Crippen LogP) is 2.77. The molecular weight excluding hydrogens is 294 g/mol. The summed E-state index contributed by atoms with van der Waals surface area (Å²) in [7, 11) is 0. The molecule has 1 unspecified atom stereocenters. The Bertz CT molecular complexity index is 670. The first-order valence-corrected chi connectivity index (χ1v) is 7.43. The number of aryl methyl sites for hydroxylation is 1. The van der Waals surface area contributed by atoms with Crippen molar-refractivity contribution in [2.45, 2.75) is 36.4 Å². The van der Waals surface area contributed by atoms with Crippen molar-refractivity contribution in [3.05, 3.63) is 50.9 Å². The Balaban J connectivity index is 2.36. The Morgan fingerprint density at radius 2 is 2.20 bits per heavy atom. The standard InChI is InChI=1S/C14H16ClN3OS/c1-8(16)5-10-3-4-11(15)7-12(10)20-14-17-9(2)6-13(19)18-14/h3-4,6-8H,5,16H2,1-2H3,(H,17,18,19). The van der Waals surface area contributed by atoms with Gasteiger partial charge in [0.25, 0.3) is 5.56 Å². The molecule has 106 valence electrons. The van der Waals surface area contributed by atoms with E-state index in [1.54, 1.807) is 6.92 Å². The normalized spacial score (nSPS) is 12.4. The first-order chi connectivity index (χ1) is 9.44. The van der Waals surface area contributed by atoms with Crippen LogP contribution in [0.5, 0.6) is 0 Å². The zero-order chi connectivity index (χ0) is 14.7. The summed E-state index contributed by atoms with van der Waals surface area (Å²) in [6.07, 6.45) is 0.746. The summed E-state index contributed by atoms with van der Waals surface area (Å²) in [5, 5.41) is 1.21. The number of halogens is 1. The lowest BCUT2D eigenvalue weighted by atomic mass is 10.1. The molecule has 0 aliphatic carbocycles. The summed E-state index contributed by atoms with van der Waals surface area (Å²) in [6, 6.07) is 7.19. The summed E-state index contributed by atoms with van der Waals surface area (Å²) in [5.41, 5.74) is 7.48. The monoisotopic (exact) mass is 309 g/mol. The Labute approximate surface area is 126 Å². The minimum atomic E-state index is -0.157. The SMILES string of the molecule is Cc1cc(=O)[nH]c(Sc2cc(Cl)ccc2CC(C)N)n1. The van der Waals surface area contributed by atoms with Gasteiger partial charge in [0.05, 0.1) is 0 Å². The fraction of sp³-hybridized carbons (Fsp3) is 0.286. The molecule has 0 aliphatic heterocycles. The molecular formula is C14H16ClN3OS. The van der Waals surface area contributed by atoms with Gasteiger partial charge in [-0.3, -0.25) is 4.79 Å².